The molecule has 0 saturated carbocycles. The summed E-state index contributed by atoms with van der Waals surface area (Å²) in [5.41, 5.74) is 3.56. The SMILES string of the molecule is COc1cc2cc(c1OC)CCCNC(=O)CCC[C@H]1[C@H]3C[C@@H](CN(C(=O)c4cc(-c5ccccc5)no4)C3)CN1C(=O)CC2. The maximum Gasteiger partial charge on any atom is 0.292 e. The van der Waals surface area contributed by atoms with Crippen LogP contribution in [0.3, 0.4) is 0 Å². The highest BCUT2D eigenvalue weighted by molar-refractivity contribution is 5.92. The van der Waals surface area contributed by atoms with Gasteiger partial charge in [-0.3, -0.25) is 14.4 Å². The van der Waals surface area contributed by atoms with E-state index in [2.05, 4.69) is 16.5 Å². The highest BCUT2D eigenvalue weighted by Crippen LogP contribution is 2.38. The van der Waals surface area contributed by atoms with Gasteiger partial charge >= 0.3 is 0 Å². The maximum atomic E-state index is 13.9. The third kappa shape index (κ3) is 6.84. The van der Waals surface area contributed by atoms with Crippen LogP contribution in [0, 0.1) is 11.8 Å². The molecule has 3 aliphatic heterocycles. The van der Waals surface area contributed by atoms with Gasteiger partial charge < -0.3 is 29.1 Å². The zero-order chi connectivity index (χ0) is 31.3. The van der Waals surface area contributed by atoms with Crippen LogP contribution in [0.25, 0.3) is 11.3 Å². The minimum absolute atomic E-state index is 0.0203. The van der Waals surface area contributed by atoms with Crippen molar-refractivity contribution in [2.75, 3.05) is 40.4 Å². The van der Waals surface area contributed by atoms with Gasteiger partial charge in [0, 0.05) is 56.7 Å². The molecule has 3 aliphatic rings. The number of nitrogens with one attached hydrogen (secondary N) is 1. The Bertz CT molecular complexity index is 1520. The molecule has 1 N–H and O–H groups in total. The van der Waals surface area contributed by atoms with Crippen molar-refractivity contribution in [3.05, 3.63) is 65.4 Å². The highest BCUT2D eigenvalue weighted by atomic mass is 16.5. The molecule has 3 aromatic rings. The molecule has 2 saturated heterocycles. The molecular weight excluding hydrogens is 572 g/mol. The fourth-order valence-corrected chi connectivity index (χ4v) is 7.34. The van der Waals surface area contributed by atoms with Crippen molar-refractivity contribution in [3.8, 4) is 22.8 Å². The summed E-state index contributed by atoms with van der Waals surface area (Å²) in [7, 11) is 3.26. The van der Waals surface area contributed by atoms with Crippen LogP contribution < -0.4 is 14.8 Å². The summed E-state index contributed by atoms with van der Waals surface area (Å²) in [5.74, 6) is 1.84. The van der Waals surface area contributed by atoms with E-state index >= 15 is 0 Å². The normalized spacial score (nSPS) is 22.8. The largest absolute Gasteiger partial charge is 0.493 e. The van der Waals surface area contributed by atoms with Gasteiger partial charge in [-0.1, -0.05) is 41.6 Å². The first kappa shape index (κ1) is 30.7. The highest BCUT2D eigenvalue weighted by Gasteiger charge is 2.44. The number of piperidine rings is 2. The van der Waals surface area contributed by atoms with Crippen molar-refractivity contribution in [2.24, 2.45) is 11.8 Å². The van der Waals surface area contributed by atoms with Crippen molar-refractivity contribution >= 4 is 17.7 Å². The van der Waals surface area contributed by atoms with Crippen LogP contribution in [-0.2, 0) is 22.4 Å². The Hall–Kier alpha value is -4.34. The lowest BCUT2D eigenvalue weighted by Crippen LogP contribution is -2.60. The summed E-state index contributed by atoms with van der Waals surface area (Å²) < 4.78 is 16.8. The Morgan fingerprint density at radius 3 is 2.60 bits per heavy atom. The number of carbonyl (C=O) groups excluding carboxylic acids is 3. The van der Waals surface area contributed by atoms with Gasteiger partial charge in [-0.25, -0.2) is 0 Å². The van der Waals surface area contributed by atoms with E-state index in [0.29, 0.717) is 69.1 Å². The molecule has 1 aromatic heterocycles. The number of hydrogen-bond acceptors (Lipinski definition) is 7. The van der Waals surface area contributed by atoms with Crippen LogP contribution in [-0.4, -0.2) is 79.1 Å². The Kier molecular flexibility index (Phi) is 9.37. The lowest BCUT2D eigenvalue weighted by atomic mass is 9.77. The maximum absolute atomic E-state index is 13.9. The van der Waals surface area contributed by atoms with Gasteiger partial charge in [0.15, 0.2) is 11.5 Å². The minimum atomic E-state index is -0.170. The minimum Gasteiger partial charge on any atom is -0.493 e. The molecule has 3 amide bonds. The third-order valence-electron chi connectivity index (χ3n) is 9.46. The van der Waals surface area contributed by atoms with E-state index in [4.69, 9.17) is 14.0 Å². The van der Waals surface area contributed by atoms with Gasteiger partial charge in [0.2, 0.25) is 17.6 Å². The van der Waals surface area contributed by atoms with Gasteiger partial charge in [0.25, 0.3) is 5.91 Å². The standard InChI is InChI=1S/C35H42N4O6/c1-43-30-18-23-13-14-33(41)39-21-24-17-27(29(39)11-6-12-32(40)36-15-7-10-26(16-23)34(30)44-2)22-38(20-24)35(42)31-19-28(37-45-31)25-8-4-3-5-9-25/h3-5,8-9,16,18-19,24,27,29H,6-7,10-15,17,20-22H2,1-2H3,(H,36,40)/t24-,27-,29-/m0/s1. The fraction of sp³-hybridized carbons (Fsp3) is 0.486. The van der Waals surface area contributed by atoms with Gasteiger partial charge in [0.1, 0.15) is 5.69 Å². The van der Waals surface area contributed by atoms with Crippen LogP contribution >= 0.6 is 0 Å². The number of benzene rings is 2. The molecule has 45 heavy (non-hydrogen) atoms. The zero-order valence-corrected chi connectivity index (χ0v) is 26.1. The predicted octanol–water partition coefficient (Wildman–Crippen LogP) is 4.51. The summed E-state index contributed by atoms with van der Waals surface area (Å²) in [4.78, 5) is 44.1. The smallest absolute Gasteiger partial charge is 0.292 e. The van der Waals surface area contributed by atoms with Gasteiger partial charge in [-0.2, -0.15) is 0 Å². The molecule has 2 fully saturated rings. The Labute approximate surface area is 264 Å². The second kappa shape index (κ2) is 13.7. The van der Waals surface area contributed by atoms with E-state index in [1.54, 1.807) is 20.3 Å². The van der Waals surface area contributed by atoms with E-state index in [9.17, 15) is 14.4 Å². The van der Waals surface area contributed by atoms with Crippen LogP contribution in [0.2, 0.25) is 0 Å². The summed E-state index contributed by atoms with van der Waals surface area (Å²) in [6, 6.07) is 15.4. The number of ether oxygens (including phenoxy) is 2. The summed E-state index contributed by atoms with van der Waals surface area (Å²) >= 11 is 0. The Morgan fingerprint density at radius 1 is 0.956 bits per heavy atom. The molecule has 0 radical (unpaired) electrons. The van der Waals surface area contributed by atoms with Crippen LogP contribution in [0.1, 0.15) is 60.2 Å². The molecule has 0 aliphatic carbocycles. The molecule has 10 nitrogen and oxygen atoms in total. The number of rotatable bonds is 4. The summed E-state index contributed by atoms with van der Waals surface area (Å²) in [6.45, 7) is 2.28. The third-order valence-corrected chi connectivity index (χ3v) is 9.46. The first-order valence-corrected chi connectivity index (χ1v) is 16.0. The van der Waals surface area contributed by atoms with Crippen LogP contribution in [0.4, 0.5) is 0 Å². The molecular formula is C35H42N4O6. The number of hydrogen-bond donors (Lipinski definition) is 1. The number of likely N-dealkylation sites (tertiary alicyclic amines) is 1. The Morgan fingerprint density at radius 2 is 1.80 bits per heavy atom. The van der Waals surface area contributed by atoms with E-state index in [1.165, 1.54) is 0 Å². The monoisotopic (exact) mass is 614 g/mol. The predicted molar refractivity (Wildman–Crippen MR) is 168 cm³/mol. The number of fused-ring (bicyclic) bond motifs is 6. The van der Waals surface area contributed by atoms with Crippen LogP contribution in [0.15, 0.2) is 53.1 Å². The van der Waals surface area contributed by atoms with Crippen LogP contribution in [0.5, 0.6) is 11.5 Å². The molecule has 0 spiro atoms. The first-order chi connectivity index (χ1) is 21.9. The quantitative estimate of drug-likeness (QED) is 0.460. The van der Waals surface area contributed by atoms with Crippen molar-refractivity contribution in [1.82, 2.24) is 20.3 Å². The second-order valence-corrected chi connectivity index (χ2v) is 12.5. The van der Waals surface area contributed by atoms with E-state index in [0.717, 1.165) is 42.4 Å². The lowest BCUT2D eigenvalue weighted by Gasteiger charge is -2.50. The Balaban J connectivity index is 1.20. The molecule has 6 rings (SSSR count). The number of aryl methyl sites for hydroxylation is 2. The molecule has 238 valence electrons. The number of aromatic nitrogens is 1. The van der Waals surface area contributed by atoms with Gasteiger partial charge in [-0.15, -0.1) is 0 Å². The van der Waals surface area contributed by atoms with Crippen molar-refractivity contribution in [1.29, 1.82) is 0 Å². The van der Waals surface area contributed by atoms with Crippen molar-refractivity contribution in [3.63, 3.8) is 0 Å². The fourth-order valence-electron chi connectivity index (χ4n) is 7.34. The number of nitrogens with zero attached hydrogens (tertiary/aromatic N) is 3. The molecule has 4 heterocycles. The van der Waals surface area contributed by atoms with Crippen molar-refractivity contribution < 1.29 is 28.4 Å². The topological polar surface area (TPSA) is 114 Å². The number of methoxy groups -OCH3 is 2. The number of carbonyl (C=O) groups is 3. The molecule has 0 unspecified atom stereocenters. The average Bonchev–Trinajstić information content (AvgIpc) is 3.56. The molecule has 2 aromatic carbocycles. The summed E-state index contributed by atoms with van der Waals surface area (Å²) in [5, 5.41) is 7.20. The van der Waals surface area contributed by atoms with E-state index in [-0.39, 0.29) is 41.4 Å². The van der Waals surface area contributed by atoms with E-state index in [1.807, 2.05) is 46.2 Å². The molecule has 3 atom stereocenters. The molecule has 4 bridgehead atoms. The zero-order valence-electron chi connectivity index (χ0n) is 26.1. The van der Waals surface area contributed by atoms with Gasteiger partial charge in [-0.05, 0) is 67.6 Å². The van der Waals surface area contributed by atoms with Gasteiger partial charge in [0.05, 0.1) is 14.2 Å². The molecule has 10 heteroatoms. The first-order valence-electron chi connectivity index (χ1n) is 16.0. The summed E-state index contributed by atoms with van der Waals surface area (Å²) in [6.07, 6.45) is 5.25. The average molecular weight is 615 g/mol. The second-order valence-electron chi connectivity index (χ2n) is 12.5. The van der Waals surface area contributed by atoms with Crippen molar-refractivity contribution in [2.45, 2.75) is 57.4 Å². The van der Waals surface area contributed by atoms with E-state index < -0.39 is 0 Å². The lowest BCUT2D eigenvalue weighted by molar-refractivity contribution is -0.140. The number of amides is 3.